The first-order chi connectivity index (χ1) is 6.13. The van der Waals surface area contributed by atoms with Crippen molar-refractivity contribution in [1.29, 1.82) is 0 Å². The van der Waals surface area contributed by atoms with E-state index in [1.165, 1.54) is 0 Å². The Morgan fingerprint density at radius 2 is 1.62 bits per heavy atom. The number of nitrogens with zero attached hydrogens (tertiary/aromatic N) is 1. The molecule has 6 nitrogen and oxygen atoms in total. The minimum Gasteiger partial charge on any atom is -0.379 e. The molecule has 0 saturated carbocycles. The van der Waals surface area contributed by atoms with Crippen LogP contribution < -0.4 is 11.5 Å². The summed E-state index contributed by atoms with van der Waals surface area (Å²) in [5.74, 6) is -1.40. The van der Waals surface area contributed by atoms with Crippen LogP contribution in [0.5, 0.6) is 0 Å². The highest BCUT2D eigenvalue weighted by Crippen LogP contribution is 2.02. The van der Waals surface area contributed by atoms with Crippen molar-refractivity contribution < 1.29 is 14.3 Å². The molecule has 1 aliphatic heterocycles. The monoisotopic (exact) mass is 187 g/mol. The van der Waals surface area contributed by atoms with Crippen LogP contribution in [-0.2, 0) is 14.3 Å². The highest BCUT2D eigenvalue weighted by molar-refractivity contribution is 6.02. The molecule has 0 bridgehead atoms. The van der Waals surface area contributed by atoms with Crippen LogP contribution in [0.3, 0.4) is 0 Å². The molecule has 0 spiro atoms. The molecule has 13 heavy (non-hydrogen) atoms. The Kier molecular flexibility index (Phi) is 3.21. The van der Waals surface area contributed by atoms with Crippen LogP contribution in [0.25, 0.3) is 0 Å². The molecule has 0 atom stereocenters. The molecule has 74 valence electrons. The van der Waals surface area contributed by atoms with Crippen LogP contribution in [-0.4, -0.2) is 49.1 Å². The summed E-state index contributed by atoms with van der Waals surface area (Å²) < 4.78 is 5.06. The molecule has 1 heterocycles. The fourth-order valence-electron chi connectivity index (χ4n) is 1.34. The Morgan fingerprint density at radius 1 is 1.15 bits per heavy atom. The van der Waals surface area contributed by atoms with Gasteiger partial charge < -0.3 is 16.2 Å². The lowest BCUT2D eigenvalue weighted by Gasteiger charge is -2.30. The lowest BCUT2D eigenvalue weighted by Crippen LogP contribution is -2.55. The Morgan fingerprint density at radius 3 is 2.00 bits per heavy atom. The second-order valence-electron chi connectivity index (χ2n) is 2.86. The van der Waals surface area contributed by atoms with Crippen LogP contribution in [0.2, 0.25) is 0 Å². The first-order valence-corrected chi connectivity index (χ1v) is 4.03. The lowest BCUT2D eigenvalue weighted by atomic mass is 10.2. The van der Waals surface area contributed by atoms with E-state index >= 15 is 0 Å². The minimum atomic E-state index is -0.996. The molecule has 2 amide bonds. The highest BCUT2D eigenvalue weighted by atomic mass is 16.5. The number of morpholine rings is 1. The van der Waals surface area contributed by atoms with E-state index in [1.54, 1.807) is 4.90 Å². The van der Waals surface area contributed by atoms with E-state index in [1.807, 2.05) is 0 Å². The third kappa shape index (κ3) is 2.40. The average molecular weight is 187 g/mol. The number of hydrogen-bond donors (Lipinski definition) is 2. The molecular weight excluding hydrogens is 174 g/mol. The maximum Gasteiger partial charge on any atom is 0.244 e. The summed E-state index contributed by atoms with van der Waals surface area (Å²) in [7, 11) is 0. The largest absolute Gasteiger partial charge is 0.379 e. The zero-order valence-corrected chi connectivity index (χ0v) is 7.23. The number of rotatable bonds is 3. The van der Waals surface area contributed by atoms with Crippen molar-refractivity contribution in [2.45, 2.75) is 6.04 Å². The number of ether oxygens (including phenoxy) is 1. The lowest BCUT2D eigenvalue weighted by molar-refractivity contribution is -0.135. The van der Waals surface area contributed by atoms with E-state index in [9.17, 15) is 9.59 Å². The minimum absolute atomic E-state index is 0.497. The van der Waals surface area contributed by atoms with Crippen molar-refractivity contribution in [3.8, 4) is 0 Å². The smallest absolute Gasteiger partial charge is 0.244 e. The summed E-state index contributed by atoms with van der Waals surface area (Å²) in [5.41, 5.74) is 10.1. The van der Waals surface area contributed by atoms with E-state index in [0.29, 0.717) is 26.3 Å². The first-order valence-electron chi connectivity index (χ1n) is 4.03. The predicted octanol–water partition coefficient (Wildman–Crippen LogP) is -2.34. The molecule has 0 aromatic rings. The molecule has 4 N–H and O–H groups in total. The Labute approximate surface area is 75.8 Å². The summed E-state index contributed by atoms with van der Waals surface area (Å²) in [6.45, 7) is 2.02. The number of hydrogen-bond acceptors (Lipinski definition) is 4. The van der Waals surface area contributed by atoms with E-state index in [0.717, 1.165) is 0 Å². The van der Waals surface area contributed by atoms with Crippen molar-refractivity contribution in [3.05, 3.63) is 0 Å². The quantitative estimate of drug-likeness (QED) is 0.483. The third-order valence-corrected chi connectivity index (χ3v) is 1.95. The second kappa shape index (κ2) is 4.20. The molecule has 0 aromatic heterocycles. The van der Waals surface area contributed by atoms with Crippen LogP contribution in [0.15, 0.2) is 0 Å². The zero-order chi connectivity index (χ0) is 9.84. The van der Waals surface area contributed by atoms with E-state index in [4.69, 9.17) is 16.2 Å². The van der Waals surface area contributed by atoms with Gasteiger partial charge in [0.2, 0.25) is 11.8 Å². The third-order valence-electron chi connectivity index (χ3n) is 1.95. The second-order valence-corrected chi connectivity index (χ2v) is 2.86. The molecule has 0 aromatic carbocycles. The topological polar surface area (TPSA) is 98.7 Å². The number of amides is 2. The number of carbonyl (C=O) groups is 2. The molecule has 0 aliphatic carbocycles. The highest BCUT2D eigenvalue weighted by Gasteiger charge is 2.30. The maximum atomic E-state index is 10.9. The number of primary amides is 2. The fourth-order valence-corrected chi connectivity index (χ4v) is 1.34. The van der Waals surface area contributed by atoms with Gasteiger partial charge in [-0.05, 0) is 0 Å². The van der Waals surface area contributed by atoms with Gasteiger partial charge in [0, 0.05) is 13.1 Å². The van der Waals surface area contributed by atoms with Crippen LogP contribution >= 0.6 is 0 Å². The summed E-state index contributed by atoms with van der Waals surface area (Å²) >= 11 is 0. The fraction of sp³-hybridized carbons (Fsp3) is 0.714. The van der Waals surface area contributed by atoms with Gasteiger partial charge in [0.25, 0.3) is 0 Å². The molecule has 1 saturated heterocycles. The summed E-state index contributed by atoms with van der Waals surface area (Å²) in [5, 5.41) is 0. The summed E-state index contributed by atoms with van der Waals surface area (Å²) in [6, 6.07) is -0.996. The van der Waals surface area contributed by atoms with Gasteiger partial charge in [-0.1, -0.05) is 0 Å². The molecular formula is C7H13N3O3. The van der Waals surface area contributed by atoms with Crippen LogP contribution in [0.1, 0.15) is 0 Å². The molecule has 1 rings (SSSR count). The van der Waals surface area contributed by atoms with Crippen molar-refractivity contribution in [3.63, 3.8) is 0 Å². The van der Waals surface area contributed by atoms with Crippen molar-refractivity contribution in [2.24, 2.45) is 11.5 Å². The maximum absolute atomic E-state index is 10.9. The van der Waals surface area contributed by atoms with E-state index in [2.05, 4.69) is 0 Å². The Balaban J connectivity index is 2.62. The standard InChI is InChI=1S/C7H13N3O3/c8-6(11)5(7(9)12)10-1-3-13-4-2-10/h5H,1-4H2,(H2,8,11)(H2,9,12). The van der Waals surface area contributed by atoms with Gasteiger partial charge in [0.1, 0.15) is 0 Å². The first kappa shape index (κ1) is 9.94. The summed E-state index contributed by atoms with van der Waals surface area (Å²) in [6.07, 6.45) is 0. The average Bonchev–Trinajstić information content (AvgIpc) is 2.04. The molecule has 6 heteroatoms. The van der Waals surface area contributed by atoms with Crippen molar-refractivity contribution in [2.75, 3.05) is 26.3 Å². The Bertz CT molecular complexity index is 199. The molecule has 0 radical (unpaired) electrons. The molecule has 0 unspecified atom stereocenters. The summed E-state index contributed by atoms with van der Waals surface area (Å²) in [4.78, 5) is 23.4. The molecule has 1 aliphatic rings. The predicted molar refractivity (Wildman–Crippen MR) is 44.6 cm³/mol. The Hall–Kier alpha value is -1.14. The SMILES string of the molecule is NC(=O)C(C(N)=O)N1CCOCC1. The van der Waals surface area contributed by atoms with Crippen LogP contribution in [0, 0.1) is 0 Å². The van der Waals surface area contributed by atoms with E-state index in [-0.39, 0.29) is 0 Å². The van der Waals surface area contributed by atoms with Crippen LogP contribution in [0.4, 0.5) is 0 Å². The van der Waals surface area contributed by atoms with E-state index < -0.39 is 17.9 Å². The molecule has 1 fully saturated rings. The van der Waals surface area contributed by atoms with Crippen molar-refractivity contribution in [1.82, 2.24) is 4.90 Å². The van der Waals surface area contributed by atoms with Gasteiger partial charge in [-0.25, -0.2) is 0 Å². The zero-order valence-electron chi connectivity index (χ0n) is 7.23. The van der Waals surface area contributed by atoms with Gasteiger partial charge in [-0.2, -0.15) is 0 Å². The van der Waals surface area contributed by atoms with Gasteiger partial charge in [0.15, 0.2) is 6.04 Å². The van der Waals surface area contributed by atoms with Gasteiger partial charge in [-0.3, -0.25) is 14.5 Å². The van der Waals surface area contributed by atoms with Gasteiger partial charge in [0.05, 0.1) is 13.2 Å². The normalized spacial score (nSPS) is 18.8. The number of carbonyl (C=O) groups excluding carboxylic acids is 2. The van der Waals surface area contributed by atoms with Crippen molar-refractivity contribution >= 4 is 11.8 Å². The van der Waals surface area contributed by atoms with Gasteiger partial charge >= 0.3 is 0 Å². The van der Waals surface area contributed by atoms with Gasteiger partial charge in [-0.15, -0.1) is 0 Å². The number of nitrogens with two attached hydrogens (primary N) is 2.